The number of nitrogens with zero attached hydrogens (tertiary/aromatic N) is 3. The zero-order valence-electron chi connectivity index (χ0n) is 13.0. The van der Waals surface area contributed by atoms with Crippen molar-refractivity contribution in [3.05, 3.63) is 36.2 Å². The van der Waals surface area contributed by atoms with Crippen molar-refractivity contribution in [1.82, 2.24) is 15.0 Å². The second kappa shape index (κ2) is 7.03. The van der Waals surface area contributed by atoms with Crippen LogP contribution in [-0.4, -0.2) is 39.8 Å². The molecule has 2 atom stereocenters. The van der Waals surface area contributed by atoms with Crippen LogP contribution in [-0.2, 0) is 0 Å². The van der Waals surface area contributed by atoms with E-state index in [4.69, 9.17) is 9.63 Å². The minimum absolute atomic E-state index is 0.117. The molecule has 1 N–H and O–H groups in total. The number of piperidine rings is 1. The fourth-order valence-corrected chi connectivity index (χ4v) is 3.13. The van der Waals surface area contributed by atoms with Gasteiger partial charge in [-0.25, -0.2) is 0 Å². The molecule has 1 aromatic heterocycles. The van der Waals surface area contributed by atoms with Gasteiger partial charge in [-0.2, -0.15) is 4.98 Å². The molecule has 2 heterocycles. The zero-order chi connectivity index (χ0) is 15.4. The molecule has 5 nitrogen and oxygen atoms in total. The van der Waals surface area contributed by atoms with Crippen LogP contribution in [0.2, 0.25) is 0 Å². The second-order valence-electron chi connectivity index (χ2n) is 6.01. The normalized spacial score (nSPS) is 20.9. The number of hydrogen-bond donors (Lipinski definition) is 1. The molecule has 1 aromatic carbocycles. The Labute approximate surface area is 131 Å². The molecule has 0 bridgehead atoms. The van der Waals surface area contributed by atoms with E-state index in [1.165, 1.54) is 6.42 Å². The molecule has 118 valence electrons. The summed E-state index contributed by atoms with van der Waals surface area (Å²) < 4.78 is 5.48. The van der Waals surface area contributed by atoms with Crippen molar-refractivity contribution in [2.75, 3.05) is 19.7 Å². The van der Waals surface area contributed by atoms with Gasteiger partial charge >= 0.3 is 0 Å². The molecule has 0 radical (unpaired) electrons. The van der Waals surface area contributed by atoms with Crippen molar-refractivity contribution in [2.45, 2.75) is 32.2 Å². The molecule has 5 heteroatoms. The fourth-order valence-electron chi connectivity index (χ4n) is 3.13. The van der Waals surface area contributed by atoms with E-state index in [1.54, 1.807) is 0 Å². The third-order valence-electron chi connectivity index (χ3n) is 4.47. The molecule has 0 spiro atoms. The Morgan fingerprint density at radius 1 is 1.36 bits per heavy atom. The monoisotopic (exact) mass is 301 g/mol. The number of benzene rings is 1. The van der Waals surface area contributed by atoms with E-state index >= 15 is 0 Å². The molecule has 0 saturated carbocycles. The van der Waals surface area contributed by atoms with Crippen LogP contribution < -0.4 is 0 Å². The smallest absolute Gasteiger partial charge is 0.244 e. The molecular formula is C17H23N3O2. The lowest BCUT2D eigenvalue weighted by Gasteiger charge is -2.35. The number of likely N-dealkylation sites (tertiary alicyclic amines) is 1. The van der Waals surface area contributed by atoms with Gasteiger partial charge in [0.2, 0.25) is 11.7 Å². The van der Waals surface area contributed by atoms with Gasteiger partial charge in [-0.1, -0.05) is 35.5 Å². The first-order valence-corrected chi connectivity index (χ1v) is 8.02. The maximum atomic E-state index is 9.13. The summed E-state index contributed by atoms with van der Waals surface area (Å²) in [5, 5.41) is 13.2. The van der Waals surface area contributed by atoms with Gasteiger partial charge in [0.15, 0.2) is 0 Å². The molecule has 1 fully saturated rings. The number of rotatable bonds is 5. The van der Waals surface area contributed by atoms with Crippen LogP contribution in [0.1, 0.15) is 38.1 Å². The van der Waals surface area contributed by atoms with Crippen molar-refractivity contribution < 1.29 is 9.63 Å². The molecule has 2 aromatic rings. The van der Waals surface area contributed by atoms with Gasteiger partial charge in [-0.15, -0.1) is 0 Å². The number of hydrogen-bond acceptors (Lipinski definition) is 5. The average molecular weight is 301 g/mol. The van der Waals surface area contributed by atoms with Crippen molar-refractivity contribution in [1.29, 1.82) is 0 Å². The van der Waals surface area contributed by atoms with Crippen LogP contribution in [0.4, 0.5) is 0 Å². The van der Waals surface area contributed by atoms with Gasteiger partial charge in [0, 0.05) is 18.7 Å². The van der Waals surface area contributed by atoms with E-state index in [1.807, 2.05) is 30.3 Å². The Morgan fingerprint density at radius 2 is 2.18 bits per heavy atom. The molecule has 22 heavy (non-hydrogen) atoms. The van der Waals surface area contributed by atoms with E-state index in [9.17, 15) is 0 Å². The first-order valence-electron chi connectivity index (χ1n) is 8.02. The number of aromatic nitrogens is 2. The second-order valence-corrected chi connectivity index (χ2v) is 6.01. The maximum absolute atomic E-state index is 9.13. The summed E-state index contributed by atoms with van der Waals surface area (Å²) in [5.41, 5.74) is 0.974. The topological polar surface area (TPSA) is 62.4 Å². The quantitative estimate of drug-likeness (QED) is 0.920. The van der Waals surface area contributed by atoms with Crippen molar-refractivity contribution in [3.63, 3.8) is 0 Å². The van der Waals surface area contributed by atoms with Crippen LogP contribution in [0.25, 0.3) is 11.4 Å². The van der Waals surface area contributed by atoms with Crippen molar-refractivity contribution in [3.8, 4) is 11.4 Å². The van der Waals surface area contributed by atoms with Crippen LogP contribution >= 0.6 is 0 Å². The van der Waals surface area contributed by atoms with E-state index in [0.717, 1.165) is 31.5 Å². The summed E-state index contributed by atoms with van der Waals surface area (Å²) in [7, 11) is 0. The van der Waals surface area contributed by atoms with Gasteiger partial charge < -0.3 is 9.63 Å². The molecule has 1 aliphatic heterocycles. The average Bonchev–Trinajstić information content (AvgIpc) is 3.05. The highest BCUT2D eigenvalue weighted by atomic mass is 16.5. The summed E-state index contributed by atoms with van der Waals surface area (Å²) in [6, 6.07) is 10.0. The lowest BCUT2D eigenvalue weighted by atomic mass is 9.94. The Balaban J connectivity index is 1.70. The lowest BCUT2D eigenvalue weighted by molar-refractivity contribution is 0.0982. The largest absolute Gasteiger partial charge is 0.396 e. The molecule has 1 aliphatic rings. The van der Waals surface area contributed by atoms with E-state index in [0.29, 0.717) is 17.6 Å². The fraction of sp³-hybridized carbons (Fsp3) is 0.529. The van der Waals surface area contributed by atoms with E-state index in [-0.39, 0.29) is 12.6 Å². The third-order valence-corrected chi connectivity index (χ3v) is 4.47. The predicted molar refractivity (Wildman–Crippen MR) is 84.1 cm³/mol. The first-order chi connectivity index (χ1) is 10.8. The highest BCUT2D eigenvalue weighted by Crippen LogP contribution is 2.28. The lowest BCUT2D eigenvalue weighted by Crippen LogP contribution is -2.37. The molecule has 0 amide bonds. The number of aliphatic hydroxyl groups is 1. The van der Waals surface area contributed by atoms with E-state index < -0.39 is 0 Å². The summed E-state index contributed by atoms with van der Waals surface area (Å²) in [6.45, 7) is 4.42. The minimum atomic E-state index is 0.117. The summed E-state index contributed by atoms with van der Waals surface area (Å²) in [5.74, 6) is 1.88. The van der Waals surface area contributed by atoms with Gasteiger partial charge in [-0.3, -0.25) is 4.90 Å². The summed E-state index contributed by atoms with van der Waals surface area (Å²) in [6.07, 6.45) is 3.24. The standard InChI is InChI=1S/C17H23N3O2/c1-13(20-10-5-6-14(12-20)9-11-21)17-18-16(19-22-17)15-7-3-2-4-8-15/h2-4,7-8,13-14,21H,5-6,9-12H2,1H3. The Hall–Kier alpha value is -1.72. The predicted octanol–water partition coefficient (Wildman–Crippen LogP) is 2.89. The van der Waals surface area contributed by atoms with E-state index in [2.05, 4.69) is 22.0 Å². The Morgan fingerprint density at radius 3 is 2.95 bits per heavy atom. The zero-order valence-corrected chi connectivity index (χ0v) is 13.0. The Bertz CT molecular complexity index is 583. The molecule has 0 aliphatic carbocycles. The van der Waals surface area contributed by atoms with Crippen molar-refractivity contribution in [2.24, 2.45) is 5.92 Å². The Kier molecular flexibility index (Phi) is 4.85. The maximum Gasteiger partial charge on any atom is 0.244 e. The summed E-state index contributed by atoms with van der Waals surface area (Å²) in [4.78, 5) is 6.94. The summed E-state index contributed by atoms with van der Waals surface area (Å²) >= 11 is 0. The SMILES string of the molecule is CC(c1nc(-c2ccccc2)no1)N1CCCC(CCO)C1. The third kappa shape index (κ3) is 3.36. The first kappa shape index (κ1) is 15.2. The number of aliphatic hydroxyl groups excluding tert-OH is 1. The molecular weight excluding hydrogens is 278 g/mol. The highest BCUT2D eigenvalue weighted by molar-refractivity contribution is 5.53. The van der Waals surface area contributed by atoms with Crippen LogP contribution in [0.15, 0.2) is 34.9 Å². The molecule has 3 rings (SSSR count). The minimum Gasteiger partial charge on any atom is -0.396 e. The molecule has 1 saturated heterocycles. The highest BCUT2D eigenvalue weighted by Gasteiger charge is 2.27. The van der Waals surface area contributed by atoms with Crippen LogP contribution in [0.3, 0.4) is 0 Å². The molecule has 2 unspecified atom stereocenters. The van der Waals surface area contributed by atoms with Crippen LogP contribution in [0.5, 0.6) is 0 Å². The van der Waals surface area contributed by atoms with Gasteiger partial charge in [-0.05, 0) is 38.6 Å². The van der Waals surface area contributed by atoms with Gasteiger partial charge in [0.05, 0.1) is 6.04 Å². The van der Waals surface area contributed by atoms with Gasteiger partial charge in [0.1, 0.15) is 0 Å². The van der Waals surface area contributed by atoms with Crippen molar-refractivity contribution >= 4 is 0 Å². The van der Waals surface area contributed by atoms with Crippen LogP contribution in [0, 0.1) is 5.92 Å². The van der Waals surface area contributed by atoms with Gasteiger partial charge in [0.25, 0.3) is 0 Å².